The lowest BCUT2D eigenvalue weighted by Gasteiger charge is -2.15. The summed E-state index contributed by atoms with van der Waals surface area (Å²) < 4.78 is 7.91. The minimum Gasteiger partial charge on any atom is -0.386 e. The van der Waals surface area contributed by atoms with Gasteiger partial charge in [-0.1, -0.05) is 11.6 Å². The van der Waals surface area contributed by atoms with Crippen LogP contribution in [-0.2, 0) is 18.3 Å². The van der Waals surface area contributed by atoms with Gasteiger partial charge in [0.15, 0.2) is 11.8 Å². The minimum atomic E-state index is -0.657. The fourth-order valence-electron chi connectivity index (χ4n) is 2.24. The molecule has 2 aromatic rings. The van der Waals surface area contributed by atoms with Crippen LogP contribution in [0.25, 0.3) is 0 Å². The van der Waals surface area contributed by atoms with Gasteiger partial charge in [-0.25, -0.2) is 4.99 Å². The standard InChI is InChI=1S/C17H27ClN6O2S/c1-4-26-9-5-8-19-17(21-11-16-23-22-12(2)24(16)3)20-10-13(25)14-6-7-15(18)27-14/h6-7,13,25H,4-5,8-11H2,1-3H3,(H2,19,20,21). The van der Waals surface area contributed by atoms with Gasteiger partial charge in [0.25, 0.3) is 0 Å². The van der Waals surface area contributed by atoms with Gasteiger partial charge in [0.05, 0.1) is 4.34 Å². The number of nitrogens with one attached hydrogen (secondary N) is 2. The first-order valence-electron chi connectivity index (χ1n) is 8.89. The summed E-state index contributed by atoms with van der Waals surface area (Å²) in [5.74, 6) is 2.21. The second-order valence-electron chi connectivity index (χ2n) is 5.90. The molecule has 8 nitrogen and oxygen atoms in total. The number of guanidine groups is 1. The molecule has 1 unspecified atom stereocenters. The van der Waals surface area contributed by atoms with Crippen LogP contribution in [0.3, 0.4) is 0 Å². The van der Waals surface area contributed by atoms with Crippen molar-refractivity contribution < 1.29 is 9.84 Å². The number of aliphatic hydroxyl groups is 1. The first-order chi connectivity index (χ1) is 13.0. The molecule has 0 spiro atoms. The van der Waals surface area contributed by atoms with Crippen molar-refractivity contribution in [1.82, 2.24) is 25.4 Å². The summed E-state index contributed by atoms with van der Waals surface area (Å²) >= 11 is 7.30. The van der Waals surface area contributed by atoms with Gasteiger partial charge < -0.3 is 25.0 Å². The Kier molecular flexibility index (Phi) is 8.99. The van der Waals surface area contributed by atoms with Crippen LogP contribution in [0.15, 0.2) is 17.1 Å². The van der Waals surface area contributed by atoms with E-state index in [1.165, 1.54) is 11.3 Å². The van der Waals surface area contributed by atoms with E-state index in [-0.39, 0.29) is 0 Å². The molecule has 0 fully saturated rings. The molecule has 0 aliphatic rings. The molecular weight excluding hydrogens is 388 g/mol. The number of thiophene rings is 1. The normalized spacial score (nSPS) is 13.0. The number of aryl methyl sites for hydroxylation is 1. The Morgan fingerprint density at radius 2 is 2.22 bits per heavy atom. The van der Waals surface area contributed by atoms with Gasteiger partial charge in [0.1, 0.15) is 18.5 Å². The average molecular weight is 415 g/mol. The molecule has 0 amide bonds. The molecule has 2 heterocycles. The molecule has 10 heteroatoms. The van der Waals surface area contributed by atoms with E-state index in [9.17, 15) is 5.11 Å². The highest BCUT2D eigenvalue weighted by molar-refractivity contribution is 7.16. The molecular formula is C17H27ClN6O2S. The van der Waals surface area contributed by atoms with E-state index in [1.54, 1.807) is 6.07 Å². The number of aliphatic hydroxyl groups excluding tert-OH is 1. The van der Waals surface area contributed by atoms with Crippen LogP contribution < -0.4 is 10.6 Å². The summed E-state index contributed by atoms with van der Waals surface area (Å²) in [4.78, 5) is 5.37. The molecule has 0 aromatic carbocycles. The Bertz CT molecular complexity index is 733. The fourth-order valence-corrected chi connectivity index (χ4v) is 3.29. The third-order valence-electron chi connectivity index (χ3n) is 3.91. The lowest BCUT2D eigenvalue weighted by Crippen LogP contribution is -2.40. The molecule has 0 saturated carbocycles. The first-order valence-corrected chi connectivity index (χ1v) is 10.1. The molecule has 0 aliphatic carbocycles. The Morgan fingerprint density at radius 3 is 2.85 bits per heavy atom. The Labute approximate surface area is 168 Å². The summed E-state index contributed by atoms with van der Waals surface area (Å²) in [5.41, 5.74) is 0. The van der Waals surface area contributed by atoms with E-state index in [4.69, 9.17) is 16.3 Å². The summed E-state index contributed by atoms with van der Waals surface area (Å²) in [6.07, 6.45) is 0.204. The summed E-state index contributed by atoms with van der Waals surface area (Å²) in [7, 11) is 1.91. The van der Waals surface area contributed by atoms with Crippen LogP contribution in [0.4, 0.5) is 0 Å². The largest absolute Gasteiger partial charge is 0.386 e. The lowest BCUT2D eigenvalue weighted by atomic mass is 10.3. The predicted octanol–water partition coefficient (Wildman–Crippen LogP) is 2.03. The smallest absolute Gasteiger partial charge is 0.191 e. The number of ether oxygens (including phenoxy) is 1. The van der Waals surface area contributed by atoms with Crippen molar-refractivity contribution in [3.8, 4) is 0 Å². The van der Waals surface area contributed by atoms with E-state index in [0.717, 1.165) is 22.9 Å². The SMILES string of the molecule is CCOCCCNC(=NCc1nnc(C)n1C)NCC(O)c1ccc(Cl)s1. The molecule has 27 heavy (non-hydrogen) atoms. The third-order valence-corrected chi connectivity index (χ3v) is 5.24. The van der Waals surface area contributed by atoms with Crippen LogP contribution in [0.5, 0.6) is 0 Å². The van der Waals surface area contributed by atoms with Crippen molar-refractivity contribution in [3.05, 3.63) is 33.0 Å². The van der Waals surface area contributed by atoms with E-state index in [0.29, 0.717) is 43.1 Å². The van der Waals surface area contributed by atoms with Gasteiger partial charge in [0.2, 0.25) is 0 Å². The number of rotatable bonds is 10. The maximum absolute atomic E-state index is 10.3. The van der Waals surface area contributed by atoms with E-state index < -0.39 is 6.10 Å². The van der Waals surface area contributed by atoms with Crippen molar-refractivity contribution in [2.45, 2.75) is 32.9 Å². The molecule has 0 radical (unpaired) electrons. The minimum absolute atomic E-state index is 0.325. The topological polar surface area (TPSA) is 96.6 Å². The zero-order valence-electron chi connectivity index (χ0n) is 15.9. The third kappa shape index (κ3) is 7.10. The van der Waals surface area contributed by atoms with E-state index in [2.05, 4.69) is 25.8 Å². The highest BCUT2D eigenvalue weighted by Gasteiger charge is 2.11. The van der Waals surface area contributed by atoms with Crippen LogP contribution in [0.1, 0.15) is 36.0 Å². The Morgan fingerprint density at radius 1 is 1.41 bits per heavy atom. The second-order valence-corrected chi connectivity index (χ2v) is 7.65. The number of aliphatic imine (C=N–C) groups is 1. The van der Waals surface area contributed by atoms with Crippen molar-refractivity contribution >= 4 is 28.9 Å². The van der Waals surface area contributed by atoms with Crippen molar-refractivity contribution in [2.75, 3.05) is 26.3 Å². The predicted molar refractivity (Wildman–Crippen MR) is 108 cm³/mol. The van der Waals surface area contributed by atoms with Crippen molar-refractivity contribution in [3.63, 3.8) is 0 Å². The molecule has 2 aromatic heterocycles. The Balaban J connectivity index is 1.93. The Hall–Kier alpha value is -1.68. The molecule has 2 rings (SSSR count). The number of hydrogen-bond donors (Lipinski definition) is 3. The molecule has 1 atom stereocenters. The second kappa shape index (κ2) is 11.2. The monoisotopic (exact) mass is 414 g/mol. The fraction of sp³-hybridized carbons (Fsp3) is 0.588. The molecule has 150 valence electrons. The van der Waals surface area contributed by atoms with Gasteiger partial charge >= 0.3 is 0 Å². The average Bonchev–Trinajstić information content (AvgIpc) is 3.23. The highest BCUT2D eigenvalue weighted by atomic mass is 35.5. The summed E-state index contributed by atoms with van der Waals surface area (Å²) in [5, 5.41) is 24.9. The van der Waals surface area contributed by atoms with Crippen molar-refractivity contribution in [1.29, 1.82) is 0 Å². The maximum atomic E-state index is 10.3. The molecule has 0 saturated heterocycles. The van der Waals surface area contributed by atoms with Gasteiger partial charge in [-0.15, -0.1) is 21.5 Å². The molecule has 0 bridgehead atoms. The van der Waals surface area contributed by atoms with Crippen molar-refractivity contribution in [2.24, 2.45) is 12.0 Å². The highest BCUT2D eigenvalue weighted by Crippen LogP contribution is 2.26. The molecule has 3 N–H and O–H groups in total. The summed E-state index contributed by atoms with van der Waals surface area (Å²) in [6, 6.07) is 3.61. The lowest BCUT2D eigenvalue weighted by molar-refractivity contribution is 0.145. The maximum Gasteiger partial charge on any atom is 0.191 e. The number of halogens is 1. The van der Waals surface area contributed by atoms with Gasteiger partial charge in [0, 0.05) is 38.2 Å². The summed E-state index contributed by atoms with van der Waals surface area (Å²) in [6.45, 7) is 6.70. The zero-order chi connectivity index (χ0) is 19.6. The van der Waals surface area contributed by atoms with E-state index >= 15 is 0 Å². The van der Waals surface area contributed by atoms with E-state index in [1.807, 2.05) is 31.5 Å². The quantitative estimate of drug-likeness (QED) is 0.313. The number of aromatic nitrogens is 3. The first kappa shape index (κ1) is 21.6. The van der Waals surface area contributed by atoms with Gasteiger partial charge in [-0.2, -0.15) is 0 Å². The van der Waals surface area contributed by atoms with Gasteiger partial charge in [-0.05, 0) is 32.4 Å². The van der Waals surface area contributed by atoms with Crippen LogP contribution in [0.2, 0.25) is 4.34 Å². The number of hydrogen-bond acceptors (Lipinski definition) is 6. The van der Waals surface area contributed by atoms with Crippen LogP contribution >= 0.6 is 22.9 Å². The zero-order valence-corrected chi connectivity index (χ0v) is 17.5. The van der Waals surface area contributed by atoms with Crippen LogP contribution in [-0.4, -0.2) is 52.1 Å². The van der Waals surface area contributed by atoms with Crippen LogP contribution in [0, 0.1) is 6.92 Å². The van der Waals surface area contributed by atoms with Gasteiger partial charge in [-0.3, -0.25) is 0 Å². The molecule has 0 aliphatic heterocycles. The number of nitrogens with zero attached hydrogens (tertiary/aromatic N) is 4.